The van der Waals surface area contributed by atoms with Crippen LogP contribution in [-0.2, 0) is 9.53 Å². The first-order valence-electron chi connectivity index (χ1n) is 10.7. The Labute approximate surface area is 192 Å². The van der Waals surface area contributed by atoms with Crippen LogP contribution in [0, 0.1) is 6.92 Å². The number of rotatable bonds is 10. The molecule has 0 fully saturated rings. The number of aromatic amines is 1. The van der Waals surface area contributed by atoms with Crippen LogP contribution in [0.3, 0.4) is 0 Å². The lowest BCUT2D eigenvalue weighted by Crippen LogP contribution is -2.57. The van der Waals surface area contributed by atoms with Gasteiger partial charge in [0.25, 0.3) is 5.91 Å². The van der Waals surface area contributed by atoms with E-state index < -0.39 is 23.9 Å². The minimum atomic E-state index is -5.07. The Bertz CT molecular complexity index is 879. The molecule has 33 heavy (non-hydrogen) atoms. The molecule has 0 saturated carbocycles. The number of allylic oxidation sites excluding steroid dienone is 1. The Morgan fingerprint density at radius 1 is 1.52 bits per heavy atom. The number of nitrogens with two attached hydrogens (primary N) is 1. The number of aliphatic hydroxyl groups is 1. The largest absolute Gasteiger partial charge is 0.426 e. The SMILES string of the molecule is C=CC1=C(CC(OCCN)N(C)c2[nH]cc(C)c2NC)CN(C(=O)[C@](C)(O)C(F)(F)F)CC1. The van der Waals surface area contributed by atoms with Crippen LogP contribution in [0.2, 0.25) is 0 Å². The Hall–Kier alpha value is -2.50. The Morgan fingerprint density at radius 2 is 2.18 bits per heavy atom. The molecule has 1 unspecified atom stereocenters. The standard InChI is InChI=1S/C22H34F3N5O3/c1-6-15-7-9-30(20(31)21(3,32)22(23,24)25)13-16(15)11-17(33-10-8-26)29(5)19-18(27-4)14(2)12-28-19/h6,12,17,27-28,32H,1,7-11,13,26H2,2-5H3/t17?,21-/m0/s1. The lowest BCUT2D eigenvalue weighted by Gasteiger charge is -2.37. The molecule has 8 nitrogen and oxygen atoms in total. The molecule has 5 N–H and O–H groups in total. The van der Waals surface area contributed by atoms with E-state index >= 15 is 0 Å². The van der Waals surface area contributed by atoms with E-state index in [1.165, 1.54) is 0 Å². The highest BCUT2D eigenvalue weighted by Gasteiger charge is 2.57. The molecular formula is C22H34F3N5O3. The zero-order chi connectivity index (χ0) is 25.0. The number of alkyl halides is 3. The number of nitrogens with zero attached hydrogens (tertiary/aromatic N) is 2. The molecule has 0 spiro atoms. The third-order valence-corrected chi connectivity index (χ3v) is 5.93. The van der Waals surface area contributed by atoms with E-state index in [2.05, 4.69) is 16.9 Å². The molecule has 11 heteroatoms. The van der Waals surface area contributed by atoms with E-state index in [4.69, 9.17) is 10.5 Å². The third-order valence-electron chi connectivity index (χ3n) is 5.93. The number of aryl methyl sites for hydroxylation is 1. The van der Waals surface area contributed by atoms with Gasteiger partial charge in [-0.25, -0.2) is 0 Å². The Morgan fingerprint density at radius 3 is 2.73 bits per heavy atom. The minimum absolute atomic E-state index is 0.0554. The van der Waals surface area contributed by atoms with Gasteiger partial charge < -0.3 is 35.7 Å². The fraction of sp³-hybridized carbons (Fsp3) is 0.591. The van der Waals surface area contributed by atoms with Gasteiger partial charge in [-0.05, 0) is 37.0 Å². The number of ether oxygens (including phenoxy) is 1. The van der Waals surface area contributed by atoms with E-state index in [0.29, 0.717) is 31.9 Å². The molecule has 2 rings (SSSR count). The number of halogens is 3. The average Bonchev–Trinajstić information content (AvgIpc) is 3.14. The van der Waals surface area contributed by atoms with Crippen LogP contribution in [0.1, 0.15) is 25.3 Å². The number of hydrogen-bond donors (Lipinski definition) is 4. The molecule has 0 aromatic carbocycles. The molecule has 1 aliphatic heterocycles. The summed E-state index contributed by atoms with van der Waals surface area (Å²) in [5, 5.41) is 13.0. The molecule has 0 aliphatic carbocycles. The van der Waals surface area contributed by atoms with Crippen molar-refractivity contribution in [3.8, 4) is 0 Å². The van der Waals surface area contributed by atoms with Crippen LogP contribution in [-0.4, -0.2) is 79.2 Å². The maximum atomic E-state index is 13.2. The van der Waals surface area contributed by atoms with Gasteiger partial charge in [0.15, 0.2) is 0 Å². The molecule has 1 aromatic heterocycles. The van der Waals surface area contributed by atoms with Gasteiger partial charge >= 0.3 is 6.18 Å². The zero-order valence-electron chi connectivity index (χ0n) is 19.6. The normalized spacial score (nSPS) is 17.5. The van der Waals surface area contributed by atoms with Gasteiger partial charge in [0.2, 0.25) is 5.60 Å². The summed E-state index contributed by atoms with van der Waals surface area (Å²) >= 11 is 0. The summed E-state index contributed by atoms with van der Waals surface area (Å²) in [5.41, 5.74) is 5.63. The first-order valence-corrected chi connectivity index (χ1v) is 10.7. The highest BCUT2D eigenvalue weighted by molar-refractivity contribution is 5.86. The Balaban J connectivity index is 2.32. The second-order valence-electron chi connectivity index (χ2n) is 8.25. The third kappa shape index (κ3) is 5.71. The second-order valence-corrected chi connectivity index (χ2v) is 8.25. The number of amides is 1. The van der Waals surface area contributed by atoms with E-state index in [1.54, 1.807) is 13.1 Å². The zero-order valence-corrected chi connectivity index (χ0v) is 19.6. The van der Waals surface area contributed by atoms with Crippen molar-refractivity contribution in [3.63, 3.8) is 0 Å². The summed E-state index contributed by atoms with van der Waals surface area (Å²) in [4.78, 5) is 18.7. The summed E-state index contributed by atoms with van der Waals surface area (Å²) in [6, 6.07) is 0. The van der Waals surface area contributed by atoms with E-state index in [-0.39, 0.29) is 19.7 Å². The second kappa shape index (κ2) is 10.6. The van der Waals surface area contributed by atoms with Gasteiger partial charge in [0, 0.05) is 46.3 Å². The van der Waals surface area contributed by atoms with Gasteiger partial charge in [-0.15, -0.1) is 0 Å². The predicted octanol–water partition coefficient (Wildman–Crippen LogP) is 2.52. The van der Waals surface area contributed by atoms with Crippen molar-refractivity contribution in [2.75, 3.05) is 50.6 Å². The molecule has 1 amide bonds. The highest BCUT2D eigenvalue weighted by atomic mass is 19.4. The van der Waals surface area contributed by atoms with Gasteiger partial charge in [-0.3, -0.25) is 4.79 Å². The smallest absolute Gasteiger partial charge is 0.385 e. The number of nitrogens with one attached hydrogen (secondary N) is 2. The van der Waals surface area contributed by atoms with Crippen molar-refractivity contribution in [2.24, 2.45) is 5.73 Å². The van der Waals surface area contributed by atoms with Crippen LogP contribution in [0.4, 0.5) is 24.7 Å². The van der Waals surface area contributed by atoms with Crippen molar-refractivity contribution in [1.29, 1.82) is 0 Å². The topological polar surface area (TPSA) is 107 Å². The van der Waals surface area contributed by atoms with Gasteiger partial charge in [-0.1, -0.05) is 12.7 Å². The van der Waals surface area contributed by atoms with Crippen molar-refractivity contribution < 1.29 is 27.8 Å². The van der Waals surface area contributed by atoms with Crippen LogP contribution in [0.15, 0.2) is 30.0 Å². The van der Waals surface area contributed by atoms with Crippen LogP contribution in [0.25, 0.3) is 0 Å². The van der Waals surface area contributed by atoms with Crippen LogP contribution in [0.5, 0.6) is 0 Å². The maximum Gasteiger partial charge on any atom is 0.426 e. The molecule has 0 bridgehead atoms. The number of carbonyl (C=O) groups excluding carboxylic acids is 1. The number of hydrogen-bond acceptors (Lipinski definition) is 6. The molecule has 0 radical (unpaired) electrons. The van der Waals surface area contributed by atoms with Crippen molar-refractivity contribution in [1.82, 2.24) is 9.88 Å². The quantitative estimate of drug-likeness (QED) is 0.389. The van der Waals surface area contributed by atoms with Crippen molar-refractivity contribution in [2.45, 2.75) is 44.7 Å². The number of H-pyrrole nitrogens is 1. The first kappa shape index (κ1) is 26.7. The monoisotopic (exact) mass is 473 g/mol. The van der Waals surface area contributed by atoms with Crippen LogP contribution >= 0.6 is 0 Å². The van der Waals surface area contributed by atoms with Crippen molar-refractivity contribution >= 4 is 17.4 Å². The number of anilines is 2. The Kier molecular flexibility index (Phi) is 8.61. The molecule has 186 valence electrons. The lowest BCUT2D eigenvalue weighted by molar-refractivity contribution is -0.250. The van der Waals surface area contributed by atoms with Gasteiger partial charge in [0.1, 0.15) is 12.0 Å². The molecule has 0 saturated heterocycles. The van der Waals surface area contributed by atoms with E-state index in [0.717, 1.165) is 27.5 Å². The summed E-state index contributed by atoms with van der Waals surface area (Å²) in [6.45, 7) is 6.80. The average molecular weight is 474 g/mol. The first-order chi connectivity index (χ1) is 15.4. The van der Waals surface area contributed by atoms with Gasteiger partial charge in [0.05, 0.1) is 12.3 Å². The molecule has 2 atom stereocenters. The molecule has 2 heterocycles. The molecule has 1 aromatic rings. The minimum Gasteiger partial charge on any atom is -0.385 e. The van der Waals surface area contributed by atoms with Crippen LogP contribution < -0.4 is 16.0 Å². The summed E-state index contributed by atoms with van der Waals surface area (Å²) in [6.07, 6.45) is -1.45. The fourth-order valence-electron chi connectivity index (χ4n) is 3.86. The highest BCUT2D eigenvalue weighted by Crippen LogP contribution is 2.35. The maximum absolute atomic E-state index is 13.2. The lowest BCUT2D eigenvalue weighted by atomic mass is 9.94. The number of carbonyl (C=O) groups is 1. The number of aromatic nitrogens is 1. The summed E-state index contributed by atoms with van der Waals surface area (Å²) in [5.74, 6) is -0.595. The van der Waals surface area contributed by atoms with E-state index in [9.17, 15) is 23.1 Å². The molecular weight excluding hydrogens is 439 g/mol. The summed E-state index contributed by atoms with van der Waals surface area (Å²) in [7, 11) is 3.64. The predicted molar refractivity (Wildman–Crippen MR) is 122 cm³/mol. The molecule has 1 aliphatic rings. The van der Waals surface area contributed by atoms with Crippen molar-refractivity contribution in [3.05, 3.63) is 35.6 Å². The van der Waals surface area contributed by atoms with E-state index in [1.807, 2.05) is 25.1 Å². The van der Waals surface area contributed by atoms with Gasteiger partial charge in [-0.2, -0.15) is 13.2 Å². The summed E-state index contributed by atoms with van der Waals surface area (Å²) < 4.78 is 45.6. The fourth-order valence-corrected chi connectivity index (χ4v) is 3.86.